The topological polar surface area (TPSA) is 95.1 Å². The standard InChI is InChI=1S/C34H36N2O6/c1-6-42-28-10-8-7-9-25(28)32-31(34(38)36-23-12-14-24(39-3)15-13-23)20(2)35-26-17-22(18-27(37)33(26)32)21-11-16-29(40-4)30(19-21)41-5/h7-16,19,22,32,35H,6,17-18H2,1-5H3,(H,36,38)/t22-,32-/m0/s1. The summed E-state index contributed by atoms with van der Waals surface area (Å²) in [6, 6.07) is 20.6. The fraction of sp³-hybridized carbons (Fsp3) is 0.294. The molecule has 8 heteroatoms. The molecule has 0 radical (unpaired) electrons. The molecule has 218 valence electrons. The summed E-state index contributed by atoms with van der Waals surface area (Å²) in [5.41, 5.74) is 4.99. The van der Waals surface area contributed by atoms with E-state index in [2.05, 4.69) is 10.6 Å². The van der Waals surface area contributed by atoms with Crippen LogP contribution in [0.1, 0.15) is 49.7 Å². The molecule has 42 heavy (non-hydrogen) atoms. The number of ketones is 1. The van der Waals surface area contributed by atoms with Gasteiger partial charge in [-0.2, -0.15) is 0 Å². The van der Waals surface area contributed by atoms with E-state index >= 15 is 0 Å². The molecule has 1 aliphatic carbocycles. The minimum absolute atomic E-state index is 0.0120. The lowest BCUT2D eigenvalue weighted by molar-refractivity contribution is -0.116. The second kappa shape index (κ2) is 12.4. The van der Waals surface area contributed by atoms with Crippen LogP contribution < -0.4 is 29.6 Å². The predicted molar refractivity (Wildman–Crippen MR) is 161 cm³/mol. The maximum absolute atomic E-state index is 14.1. The molecule has 0 fully saturated rings. The van der Waals surface area contributed by atoms with Gasteiger partial charge in [-0.25, -0.2) is 0 Å². The summed E-state index contributed by atoms with van der Waals surface area (Å²) in [5, 5.41) is 6.47. The number of Topliss-reactive ketones (excluding diaryl/α,β-unsaturated/α-hetero) is 1. The van der Waals surface area contributed by atoms with Gasteiger partial charge in [0.05, 0.1) is 33.9 Å². The van der Waals surface area contributed by atoms with Gasteiger partial charge in [0, 0.05) is 40.2 Å². The smallest absolute Gasteiger partial charge is 0.254 e. The largest absolute Gasteiger partial charge is 0.497 e. The van der Waals surface area contributed by atoms with Gasteiger partial charge in [-0.05, 0) is 74.2 Å². The molecule has 2 aliphatic rings. The van der Waals surface area contributed by atoms with E-state index < -0.39 is 5.92 Å². The number of anilines is 1. The maximum atomic E-state index is 14.1. The molecule has 3 aromatic rings. The van der Waals surface area contributed by atoms with E-state index in [0.717, 1.165) is 16.8 Å². The number of hydrogen-bond acceptors (Lipinski definition) is 7. The zero-order valence-electron chi connectivity index (χ0n) is 24.6. The Morgan fingerprint density at radius 3 is 2.33 bits per heavy atom. The molecule has 0 bridgehead atoms. The number of ether oxygens (including phenoxy) is 4. The summed E-state index contributed by atoms with van der Waals surface area (Å²) in [5.74, 6) is 1.64. The van der Waals surface area contributed by atoms with Crippen LogP contribution in [-0.2, 0) is 9.59 Å². The Morgan fingerprint density at radius 2 is 1.64 bits per heavy atom. The van der Waals surface area contributed by atoms with E-state index in [0.29, 0.717) is 65.0 Å². The van der Waals surface area contributed by atoms with Gasteiger partial charge < -0.3 is 29.6 Å². The second-order valence-corrected chi connectivity index (χ2v) is 10.3. The van der Waals surface area contributed by atoms with E-state index in [-0.39, 0.29) is 17.6 Å². The highest BCUT2D eigenvalue weighted by Gasteiger charge is 2.42. The number of hydrogen-bond donors (Lipinski definition) is 2. The highest BCUT2D eigenvalue weighted by Crippen LogP contribution is 2.48. The molecule has 1 aliphatic heterocycles. The van der Waals surface area contributed by atoms with E-state index in [4.69, 9.17) is 18.9 Å². The Hall–Kier alpha value is -4.72. The summed E-state index contributed by atoms with van der Waals surface area (Å²) in [7, 11) is 4.80. The van der Waals surface area contributed by atoms with Crippen molar-refractivity contribution in [1.82, 2.24) is 5.32 Å². The third kappa shape index (κ3) is 5.57. The lowest BCUT2D eigenvalue weighted by atomic mass is 9.71. The van der Waals surface area contributed by atoms with Crippen molar-refractivity contribution in [3.05, 3.63) is 100 Å². The van der Waals surface area contributed by atoms with Crippen molar-refractivity contribution in [3.63, 3.8) is 0 Å². The molecule has 0 saturated heterocycles. The third-order valence-electron chi connectivity index (χ3n) is 7.83. The number of methoxy groups -OCH3 is 3. The average molecular weight is 569 g/mol. The van der Waals surface area contributed by atoms with Gasteiger partial charge in [-0.15, -0.1) is 0 Å². The Balaban J connectivity index is 1.56. The number of dihydropyridines is 1. The number of benzene rings is 3. The fourth-order valence-electron chi connectivity index (χ4n) is 5.87. The van der Waals surface area contributed by atoms with Crippen molar-refractivity contribution >= 4 is 17.4 Å². The molecule has 2 N–H and O–H groups in total. The van der Waals surface area contributed by atoms with Crippen LogP contribution in [0.4, 0.5) is 5.69 Å². The van der Waals surface area contributed by atoms with Gasteiger partial charge in [0.15, 0.2) is 17.3 Å². The quantitative estimate of drug-likeness (QED) is 0.322. The first-order chi connectivity index (χ1) is 20.4. The zero-order valence-corrected chi connectivity index (χ0v) is 24.6. The van der Waals surface area contributed by atoms with Crippen LogP contribution in [0.2, 0.25) is 0 Å². The van der Waals surface area contributed by atoms with Crippen molar-refractivity contribution in [2.45, 2.75) is 38.5 Å². The van der Waals surface area contributed by atoms with Gasteiger partial charge in [0.2, 0.25) is 0 Å². The van der Waals surface area contributed by atoms with Crippen LogP contribution in [0.15, 0.2) is 89.3 Å². The van der Waals surface area contributed by atoms with E-state index in [1.165, 1.54) is 0 Å². The van der Waals surface area contributed by atoms with Crippen molar-refractivity contribution in [1.29, 1.82) is 0 Å². The first kappa shape index (κ1) is 28.8. The van der Waals surface area contributed by atoms with E-state index in [1.54, 1.807) is 45.6 Å². The SMILES string of the molecule is CCOc1ccccc1[C@H]1C(C(=O)Nc2ccc(OC)cc2)=C(C)NC2=C1C(=O)C[C@@H](c1ccc(OC)c(OC)c1)C2. The number of nitrogens with one attached hydrogen (secondary N) is 2. The van der Waals surface area contributed by atoms with Crippen LogP contribution in [0.5, 0.6) is 23.0 Å². The summed E-state index contributed by atoms with van der Waals surface area (Å²) >= 11 is 0. The van der Waals surface area contributed by atoms with Gasteiger partial charge >= 0.3 is 0 Å². The summed E-state index contributed by atoms with van der Waals surface area (Å²) < 4.78 is 22.2. The van der Waals surface area contributed by atoms with E-state index in [1.807, 2.05) is 56.3 Å². The molecule has 0 unspecified atom stereocenters. The molecule has 2 atom stereocenters. The number of rotatable bonds is 9. The Bertz CT molecular complexity index is 1560. The fourth-order valence-corrected chi connectivity index (χ4v) is 5.87. The molecule has 8 nitrogen and oxygen atoms in total. The molecule has 0 aromatic heterocycles. The molecule has 0 saturated carbocycles. The third-order valence-corrected chi connectivity index (χ3v) is 7.83. The normalized spacial score (nSPS) is 18.2. The second-order valence-electron chi connectivity index (χ2n) is 10.3. The average Bonchev–Trinajstić information content (AvgIpc) is 3.00. The molecule has 3 aromatic carbocycles. The minimum Gasteiger partial charge on any atom is -0.497 e. The lowest BCUT2D eigenvalue weighted by Crippen LogP contribution is -2.37. The molecule has 0 spiro atoms. The zero-order chi connectivity index (χ0) is 29.8. The van der Waals surface area contributed by atoms with Crippen LogP contribution in [0, 0.1) is 0 Å². The van der Waals surface area contributed by atoms with Crippen molar-refractivity contribution in [2.75, 3.05) is 33.3 Å². The first-order valence-electron chi connectivity index (χ1n) is 14.0. The number of carbonyl (C=O) groups excluding carboxylic acids is 2. The van der Waals surface area contributed by atoms with Crippen LogP contribution in [0.3, 0.4) is 0 Å². The van der Waals surface area contributed by atoms with Crippen molar-refractivity contribution in [2.24, 2.45) is 0 Å². The summed E-state index contributed by atoms with van der Waals surface area (Å²) in [4.78, 5) is 28.0. The minimum atomic E-state index is -0.596. The van der Waals surface area contributed by atoms with Gasteiger partial charge in [-0.3, -0.25) is 9.59 Å². The van der Waals surface area contributed by atoms with E-state index in [9.17, 15) is 9.59 Å². The molecule has 1 amide bonds. The van der Waals surface area contributed by atoms with Crippen LogP contribution >= 0.6 is 0 Å². The Labute approximate surface area is 246 Å². The van der Waals surface area contributed by atoms with Gasteiger partial charge in [0.1, 0.15) is 11.5 Å². The highest BCUT2D eigenvalue weighted by atomic mass is 16.5. The lowest BCUT2D eigenvalue weighted by Gasteiger charge is -2.37. The first-order valence-corrected chi connectivity index (χ1v) is 14.0. The Kier molecular flexibility index (Phi) is 8.52. The predicted octanol–water partition coefficient (Wildman–Crippen LogP) is 6.11. The molecular formula is C34H36N2O6. The van der Waals surface area contributed by atoms with Crippen molar-refractivity contribution < 1.29 is 28.5 Å². The number of amides is 1. The number of para-hydroxylation sites is 1. The number of carbonyl (C=O) groups is 2. The van der Waals surface area contributed by atoms with Gasteiger partial charge in [-0.1, -0.05) is 24.3 Å². The maximum Gasteiger partial charge on any atom is 0.254 e. The molecule has 1 heterocycles. The number of allylic oxidation sites excluding steroid dienone is 3. The summed E-state index contributed by atoms with van der Waals surface area (Å²) in [6.07, 6.45) is 0.907. The van der Waals surface area contributed by atoms with Crippen LogP contribution in [-0.4, -0.2) is 39.6 Å². The molecule has 5 rings (SSSR count). The van der Waals surface area contributed by atoms with Gasteiger partial charge in [0.25, 0.3) is 5.91 Å². The monoisotopic (exact) mass is 568 g/mol. The molecular weight excluding hydrogens is 532 g/mol. The highest BCUT2D eigenvalue weighted by molar-refractivity contribution is 6.10. The Morgan fingerprint density at radius 1 is 0.905 bits per heavy atom. The summed E-state index contributed by atoms with van der Waals surface area (Å²) in [6.45, 7) is 4.26. The van der Waals surface area contributed by atoms with Crippen molar-refractivity contribution in [3.8, 4) is 23.0 Å². The van der Waals surface area contributed by atoms with Crippen LogP contribution in [0.25, 0.3) is 0 Å².